The van der Waals surface area contributed by atoms with Gasteiger partial charge in [-0.3, -0.25) is 9.10 Å². The van der Waals surface area contributed by atoms with Gasteiger partial charge in [-0.1, -0.05) is 17.7 Å². The lowest BCUT2D eigenvalue weighted by Gasteiger charge is -2.30. The molecular formula is C19H23N3O3S. The Bertz CT molecular complexity index is 943. The van der Waals surface area contributed by atoms with Crippen molar-refractivity contribution in [3.8, 4) is 0 Å². The Balaban J connectivity index is 1.65. The van der Waals surface area contributed by atoms with Crippen molar-refractivity contribution in [2.24, 2.45) is 0 Å². The first-order valence-corrected chi connectivity index (χ1v) is 10.5. The van der Waals surface area contributed by atoms with Crippen molar-refractivity contribution in [2.75, 3.05) is 23.9 Å². The van der Waals surface area contributed by atoms with E-state index in [9.17, 15) is 13.2 Å². The highest BCUT2D eigenvalue weighted by molar-refractivity contribution is 7.92. The Morgan fingerprint density at radius 3 is 2.62 bits per heavy atom. The zero-order chi connectivity index (χ0) is 18.3. The minimum Gasteiger partial charge on any atom is -0.356 e. The number of aromatic nitrogens is 1. The van der Waals surface area contributed by atoms with Gasteiger partial charge in [-0.05, 0) is 50.3 Å². The number of carbonyl (C=O) groups is 1. The highest BCUT2D eigenvalue weighted by Gasteiger charge is 2.31. The summed E-state index contributed by atoms with van der Waals surface area (Å²) in [4.78, 5) is 17.3. The van der Waals surface area contributed by atoms with Gasteiger partial charge >= 0.3 is 0 Å². The summed E-state index contributed by atoms with van der Waals surface area (Å²) in [6.07, 6.45) is 5.11. The standard InChI is InChI=1S/C19H23N3O3S/c1-14-6-7-18-15(11-14)5-4-10-22(18)26(24,25)16-12-17(20-13-16)19(23)21-8-2-3-9-21/h6-7,11-13,20H,2-5,8-10H2,1H3. The summed E-state index contributed by atoms with van der Waals surface area (Å²) < 4.78 is 27.8. The molecule has 4 rings (SSSR count). The van der Waals surface area contributed by atoms with Gasteiger partial charge in [0.1, 0.15) is 10.6 Å². The molecule has 3 heterocycles. The molecule has 0 radical (unpaired) electrons. The van der Waals surface area contributed by atoms with Crippen LogP contribution in [0, 0.1) is 6.92 Å². The van der Waals surface area contributed by atoms with Crippen LogP contribution in [-0.4, -0.2) is 43.8 Å². The first-order chi connectivity index (χ1) is 12.5. The van der Waals surface area contributed by atoms with Crippen molar-refractivity contribution in [1.29, 1.82) is 0 Å². The fraction of sp³-hybridized carbons (Fsp3) is 0.421. The van der Waals surface area contributed by atoms with Crippen LogP contribution in [0.3, 0.4) is 0 Å². The summed E-state index contributed by atoms with van der Waals surface area (Å²) in [5.74, 6) is -0.126. The number of benzene rings is 1. The number of rotatable bonds is 3. The van der Waals surface area contributed by atoms with Gasteiger partial charge in [-0.15, -0.1) is 0 Å². The van der Waals surface area contributed by atoms with E-state index in [-0.39, 0.29) is 10.8 Å². The number of aromatic amines is 1. The van der Waals surface area contributed by atoms with E-state index < -0.39 is 10.0 Å². The Morgan fingerprint density at radius 2 is 1.85 bits per heavy atom. The monoisotopic (exact) mass is 373 g/mol. The highest BCUT2D eigenvalue weighted by atomic mass is 32.2. The topological polar surface area (TPSA) is 73.5 Å². The summed E-state index contributed by atoms with van der Waals surface area (Å²) in [5.41, 5.74) is 3.27. The molecule has 26 heavy (non-hydrogen) atoms. The molecule has 0 aliphatic carbocycles. The Kier molecular flexibility index (Phi) is 4.26. The maximum atomic E-state index is 13.2. The van der Waals surface area contributed by atoms with E-state index >= 15 is 0 Å². The highest BCUT2D eigenvalue weighted by Crippen LogP contribution is 2.32. The van der Waals surface area contributed by atoms with E-state index in [1.807, 2.05) is 19.1 Å². The average Bonchev–Trinajstić information content (AvgIpc) is 3.32. The number of likely N-dealkylation sites (tertiary alicyclic amines) is 1. The number of nitrogens with one attached hydrogen (secondary N) is 1. The molecule has 2 aromatic rings. The summed E-state index contributed by atoms with van der Waals surface area (Å²) in [6.45, 7) is 3.94. The second kappa shape index (κ2) is 6.46. The van der Waals surface area contributed by atoms with Crippen LogP contribution in [0.15, 0.2) is 35.4 Å². The number of amides is 1. The van der Waals surface area contributed by atoms with E-state index in [2.05, 4.69) is 11.1 Å². The molecule has 6 nitrogen and oxygen atoms in total. The van der Waals surface area contributed by atoms with Gasteiger partial charge in [0.05, 0.1) is 5.69 Å². The molecule has 1 aromatic carbocycles. The maximum absolute atomic E-state index is 13.2. The van der Waals surface area contributed by atoms with Crippen LogP contribution in [0.4, 0.5) is 5.69 Å². The van der Waals surface area contributed by atoms with Crippen LogP contribution in [0.2, 0.25) is 0 Å². The first-order valence-electron chi connectivity index (χ1n) is 9.07. The summed E-state index contributed by atoms with van der Waals surface area (Å²) in [6, 6.07) is 7.34. The lowest BCUT2D eigenvalue weighted by atomic mass is 10.0. The largest absolute Gasteiger partial charge is 0.356 e. The smallest absolute Gasteiger partial charge is 0.270 e. The third-order valence-corrected chi connectivity index (χ3v) is 6.97. The van der Waals surface area contributed by atoms with Gasteiger partial charge in [-0.2, -0.15) is 0 Å². The molecule has 1 amide bonds. The Morgan fingerprint density at radius 1 is 1.08 bits per heavy atom. The second-order valence-corrected chi connectivity index (χ2v) is 8.92. The van der Waals surface area contributed by atoms with Crippen molar-refractivity contribution in [2.45, 2.75) is 37.5 Å². The van der Waals surface area contributed by atoms with Crippen molar-refractivity contribution in [3.63, 3.8) is 0 Å². The molecule has 1 saturated heterocycles. The summed E-state index contributed by atoms with van der Waals surface area (Å²) >= 11 is 0. The zero-order valence-electron chi connectivity index (χ0n) is 14.9. The zero-order valence-corrected chi connectivity index (χ0v) is 15.7. The van der Waals surface area contributed by atoms with Crippen LogP contribution in [-0.2, 0) is 16.4 Å². The molecule has 0 saturated carbocycles. The Hall–Kier alpha value is -2.28. The molecule has 138 valence electrons. The average molecular weight is 373 g/mol. The lowest BCUT2D eigenvalue weighted by molar-refractivity contribution is 0.0787. The third kappa shape index (κ3) is 2.90. The SMILES string of the molecule is Cc1ccc2c(c1)CCCN2S(=O)(=O)c1c[nH]c(C(=O)N2CCCC2)c1. The minimum absolute atomic E-state index is 0.126. The van der Waals surface area contributed by atoms with Gasteiger partial charge in [0.15, 0.2) is 0 Å². The van der Waals surface area contributed by atoms with Crippen molar-refractivity contribution in [3.05, 3.63) is 47.3 Å². The molecular weight excluding hydrogens is 350 g/mol. The maximum Gasteiger partial charge on any atom is 0.270 e. The number of fused-ring (bicyclic) bond motifs is 1. The number of nitrogens with zero attached hydrogens (tertiary/aromatic N) is 2. The predicted molar refractivity (Wildman–Crippen MR) is 100.0 cm³/mol. The quantitative estimate of drug-likeness (QED) is 0.899. The fourth-order valence-electron chi connectivity index (χ4n) is 3.81. The van der Waals surface area contributed by atoms with Crippen LogP contribution in [0.1, 0.15) is 40.9 Å². The van der Waals surface area contributed by atoms with Crippen LogP contribution < -0.4 is 4.31 Å². The predicted octanol–water partition coefficient (Wildman–Crippen LogP) is 2.70. The van der Waals surface area contributed by atoms with Gasteiger partial charge in [0, 0.05) is 25.8 Å². The van der Waals surface area contributed by atoms with E-state index in [0.29, 0.717) is 12.2 Å². The molecule has 0 spiro atoms. The molecule has 2 aliphatic heterocycles. The molecule has 1 aromatic heterocycles. The normalized spacial score (nSPS) is 17.4. The number of sulfonamides is 1. The van der Waals surface area contributed by atoms with E-state index in [4.69, 9.17) is 0 Å². The number of carbonyl (C=O) groups excluding carboxylic acids is 1. The first kappa shape index (κ1) is 17.1. The number of hydrogen-bond donors (Lipinski definition) is 1. The molecule has 1 N–H and O–H groups in total. The van der Waals surface area contributed by atoms with Crippen molar-refractivity contribution >= 4 is 21.6 Å². The van der Waals surface area contributed by atoms with E-state index in [0.717, 1.165) is 55.6 Å². The van der Waals surface area contributed by atoms with Crippen LogP contribution in [0.5, 0.6) is 0 Å². The summed E-state index contributed by atoms with van der Waals surface area (Å²) in [5, 5.41) is 0. The Labute approximate surface area is 153 Å². The fourth-order valence-corrected chi connectivity index (χ4v) is 5.34. The second-order valence-electron chi connectivity index (χ2n) is 7.06. The van der Waals surface area contributed by atoms with Gasteiger partial charge in [0.25, 0.3) is 15.9 Å². The van der Waals surface area contributed by atoms with E-state index in [1.54, 1.807) is 4.90 Å². The van der Waals surface area contributed by atoms with Gasteiger partial charge in [-0.25, -0.2) is 8.42 Å². The van der Waals surface area contributed by atoms with Crippen LogP contribution in [0.25, 0.3) is 0 Å². The number of aryl methyl sites for hydroxylation is 2. The van der Waals surface area contributed by atoms with E-state index in [1.165, 1.54) is 16.6 Å². The molecule has 0 bridgehead atoms. The minimum atomic E-state index is -3.69. The molecule has 2 aliphatic rings. The molecule has 7 heteroatoms. The van der Waals surface area contributed by atoms with Crippen LogP contribution >= 0.6 is 0 Å². The number of anilines is 1. The van der Waals surface area contributed by atoms with Crippen molar-refractivity contribution in [1.82, 2.24) is 9.88 Å². The molecule has 1 fully saturated rings. The van der Waals surface area contributed by atoms with Gasteiger partial charge < -0.3 is 9.88 Å². The third-order valence-electron chi connectivity index (χ3n) is 5.18. The molecule has 0 unspecified atom stereocenters. The molecule has 0 atom stereocenters. The number of H-pyrrole nitrogens is 1. The number of hydrogen-bond acceptors (Lipinski definition) is 3. The summed E-state index contributed by atoms with van der Waals surface area (Å²) in [7, 11) is -3.69. The lowest BCUT2D eigenvalue weighted by Crippen LogP contribution is -2.35. The van der Waals surface area contributed by atoms with Gasteiger partial charge in [0.2, 0.25) is 0 Å². The van der Waals surface area contributed by atoms with Crippen molar-refractivity contribution < 1.29 is 13.2 Å².